The quantitative estimate of drug-likeness (QED) is 0.614. The van der Waals surface area contributed by atoms with Gasteiger partial charge in [0.25, 0.3) is 0 Å². The number of aromatic nitrogens is 1. The first kappa shape index (κ1) is 17.6. The maximum atomic E-state index is 13.4. The predicted octanol–water partition coefficient (Wildman–Crippen LogP) is 4.21. The monoisotopic (exact) mass is 351 g/mol. The second-order valence-electron chi connectivity index (χ2n) is 5.84. The third-order valence-corrected chi connectivity index (χ3v) is 4.21. The number of piperidine rings is 1. The molecule has 2 heterocycles. The maximum Gasteiger partial charge on any atom is 0.158 e. The van der Waals surface area contributed by atoms with Crippen molar-refractivity contribution in [2.45, 2.75) is 12.8 Å². The van der Waals surface area contributed by atoms with Crippen molar-refractivity contribution >= 4 is 11.5 Å². The summed E-state index contributed by atoms with van der Waals surface area (Å²) in [5.41, 5.74) is 2.09. The highest BCUT2D eigenvalue weighted by molar-refractivity contribution is 5.62. The summed E-state index contributed by atoms with van der Waals surface area (Å²) in [4.78, 5) is 17.2. The molecule has 0 spiro atoms. The first-order valence-electron chi connectivity index (χ1n) is 8.27. The summed E-state index contributed by atoms with van der Waals surface area (Å²) in [7, 11) is 1.53. The van der Waals surface area contributed by atoms with Crippen LogP contribution >= 0.6 is 0 Å². The third kappa shape index (κ3) is 4.06. The highest BCUT2D eigenvalue weighted by Crippen LogP contribution is 2.29. The molecule has 5 nitrogen and oxygen atoms in total. The summed E-state index contributed by atoms with van der Waals surface area (Å²) in [5, 5.41) is 3.04. The van der Waals surface area contributed by atoms with E-state index in [4.69, 9.17) is 4.74 Å². The van der Waals surface area contributed by atoms with Crippen molar-refractivity contribution in [2.75, 3.05) is 25.1 Å². The van der Waals surface area contributed by atoms with Gasteiger partial charge in [-0.3, -0.25) is 0 Å². The molecule has 0 saturated carbocycles. The minimum Gasteiger partial charge on any atom is -0.495 e. The minimum atomic E-state index is -0.342. The first-order chi connectivity index (χ1) is 12.7. The summed E-state index contributed by atoms with van der Waals surface area (Å²) < 4.78 is 18.5. The van der Waals surface area contributed by atoms with E-state index < -0.39 is 0 Å². The summed E-state index contributed by atoms with van der Waals surface area (Å²) in [6, 6.07) is 7.64. The van der Waals surface area contributed by atoms with E-state index in [9.17, 15) is 9.30 Å². The van der Waals surface area contributed by atoms with E-state index in [1.807, 2.05) is 6.08 Å². The van der Waals surface area contributed by atoms with E-state index in [-0.39, 0.29) is 5.82 Å². The number of hydrogen-bond donors (Lipinski definition) is 0. The van der Waals surface area contributed by atoms with E-state index in [1.165, 1.54) is 24.8 Å². The highest BCUT2D eigenvalue weighted by atomic mass is 19.1. The third-order valence-electron chi connectivity index (χ3n) is 4.21. The number of benzene rings is 1. The number of nitroso groups, excluding NO2 is 1. The van der Waals surface area contributed by atoms with Gasteiger partial charge in [-0.15, -0.1) is 4.91 Å². The van der Waals surface area contributed by atoms with Crippen LogP contribution < -0.4 is 9.64 Å². The number of anilines is 1. The van der Waals surface area contributed by atoms with Gasteiger partial charge in [0.15, 0.2) is 5.82 Å². The van der Waals surface area contributed by atoms with Crippen LogP contribution in [0.3, 0.4) is 0 Å². The van der Waals surface area contributed by atoms with E-state index in [0.717, 1.165) is 25.9 Å². The number of halogens is 1. The van der Waals surface area contributed by atoms with Gasteiger partial charge in [-0.25, -0.2) is 9.37 Å². The van der Waals surface area contributed by atoms with Crippen molar-refractivity contribution < 1.29 is 9.13 Å². The number of rotatable bonds is 3. The van der Waals surface area contributed by atoms with Gasteiger partial charge in [0.1, 0.15) is 17.3 Å². The Morgan fingerprint density at radius 1 is 1.31 bits per heavy atom. The molecule has 0 bridgehead atoms. The lowest BCUT2D eigenvalue weighted by Gasteiger charge is -2.29. The zero-order chi connectivity index (χ0) is 18.4. The lowest BCUT2D eigenvalue weighted by atomic mass is 10.0. The molecule has 1 aliphatic heterocycles. The van der Waals surface area contributed by atoms with Gasteiger partial charge in [-0.05, 0) is 54.4 Å². The number of hydrogen-bond acceptors (Lipinski definition) is 5. The van der Waals surface area contributed by atoms with Crippen molar-refractivity contribution in [2.24, 2.45) is 5.18 Å². The molecule has 1 saturated heterocycles. The van der Waals surface area contributed by atoms with Crippen LogP contribution in [0.4, 0.5) is 15.9 Å². The fourth-order valence-electron chi connectivity index (χ4n) is 2.85. The number of pyridine rings is 1. The molecule has 3 rings (SSSR count). The molecule has 2 aromatic rings. The summed E-state index contributed by atoms with van der Waals surface area (Å²) in [6.07, 6.45) is 5.18. The fraction of sp³-hybridized carbons (Fsp3) is 0.250. The van der Waals surface area contributed by atoms with Crippen LogP contribution in [0.25, 0.3) is 0 Å². The molecular formula is C20H18FN3O2. The zero-order valence-corrected chi connectivity index (χ0v) is 14.4. The standard InChI is InChI=1S/C20H18FN3O2/c1-26-19-8-7-17(21)14-16(19)5-2-4-15-9-12-24(13-10-15)20-18(23-25)6-3-11-22-20/h3-4,6-8,11,14H,9-10,12-13H2,1H3. The van der Waals surface area contributed by atoms with Crippen molar-refractivity contribution in [3.05, 3.63) is 64.5 Å². The van der Waals surface area contributed by atoms with Gasteiger partial charge in [-0.2, -0.15) is 0 Å². The Labute approximate surface area is 151 Å². The van der Waals surface area contributed by atoms with Crippen molar-refractivity contribution in [1.82, 2.24) is 4.98 Å². The van der Waals surface area contributed by atoms with Gasteiger partial charge in [0.05, 0.1) is 12.7 Å². The van der Waals surface area contributed by atoms with Crippen LogP contribution in [0.1, 0.15) is 18.4 Å². The molecule has 132 valence electrons. The van der Waals surface area contributed by atoms with Crippen LogP contribution in [-0.4, -0.2) is 25.2 Å². The molecule has 1 aliphatic rings. The fourth-order valence-corrected chi connectivity index (χ4v) is 2.85. The molecule has 0 N–H and O–H groups in total. The predicted molar refractivity (Wildman–Crippen MR) is 99.1 cm³/mol. The molecule has 0 amide bonds. The van der Waals surface area contributed by atoms with Gasteiger partial charge in [-0.1, -0.05) is 17.4 Å². The normalized spacial score (nSPS) is 13.6. The van der Waals surface area contributed by atoms with Gasteiger partial charge >= 0.3 is 0 Å². The Balaban J connectivity index is 1.68. The molecule has 0 aliphatic carbocycles. The van der Waals surface area contributed by atoms with Gasteiger partial charge in [0, 0.05) is 19.3 Å². The van der Waals surface area contributed by atoms with Crippen molar-refractivity contribution in [3.8, 4) is 17.6 Å². The van der Waals surface area contributed by atoms with E-state index in [1.54, 1.807) is 24.4 Å². The lowest BCUT2D eigenvalue weighted by Crippen LogP contribution is -2.31. The number of allylic oxidation sites excluding steroid dienone is 1. The molecule has 0 unspecified atom stereocenters. The average Bonchev–Trinajstić information content (AvgIpc) is 2.69. The highest BCUT2D eigenvalue weighted by Gasteiger charge is 2.18. The van der Waals surface area contributed by atoms with Gasteiger partial charge < -0.3 is 9.64 Å². The summed E-state index contributed by atoms with van der Waals surface area (Å²) in [6.45, 7) is 1.49. The Bertz CT molecular complexity index is 889. The molecule has 0 radical (unpaired) electrons. The van der Waals surface area contributed by atoms with E-state index in [0.29, 0.717) is 22.8 Å². The Kier molecular flexibility index (Phi) is 5.59. The smallest absolute Gasteiger partial charge is 0.158 e. The SMILES string of the molecule is COc1ccc(F)cc1C#CC=C1CCN(c2ncccc2N=O)CC1. The van der Waals surface area contributed by atoms with Crippen LogP contribution in [0, 0.1) is 22.6 Å². The summed E-state index contributed by atoms with van der Waals surface area (Å²) in [5.74, 6) is 6.76. The number of nitrogens with zero attached hydrogens (tertiary/aromatic N) is 3. The lowest BCUT2D eigenvalue weighted by molar-refractivity contribution is 0.412. The maximum absolute atomic E-state index is 13.4. The van der Waals surface area contributed by atoms with Crippen LogP contribution in [0.5, 0.6) is 5.75 Å². The Hall–Kier alpha value is -3.20. The van der Waals surface area contributed by atoms with Crippen LogP contribution in [0.2, 0.25) is 0 Å². The first-order valence-corrected chi connectivity index (χ1v) is 8.27. The Morgan fingerprint density at radius 3 is 2.85 bits per heavy atom. The summed E-state index contributed by atoms with van der Waals surface area (Å²) >= 11 is 0. The molecule has 1 aromatic carbocycles. The molecule has 1 aromatic heterocycles. The molecular weight excluding hydrogens is 333 g/mol. The molecule has 6 heteroatoms. The topological polar surface area (TPSA) is 54.8 Å². The second kappa shape index (κ2) is 8.26. The minimum absolute atomic E-state index is 0.342. The van der Waals surface area contributed by atoms with Crippen molar-refractivity contribution in [3.63, 3.8) is 0 Å². The number of ether oxygens (including phenoxy) is 1. The number of methoxy groups -OCH3 is 1. The van der Waals surface area contributed by atoms with E-state index >= 15 is 0 Å². The molecule has 0 atom stereocenters. The molecule has 1 fully saturated rings. The second-order valence-corrected chi connectivity index (χ2v) is 5.84. The van der Waals surface area contributed by atoms with Crippen molar-refractivity contribution in [1.29, 1.82) is 0 Å². The van der Waals surface area contributed by atoms with E-state index in [2.05, 4.69) is 26.9 Å². The average molecular weight is 351 g/mol. The Morgan fingerprint density at radius 2 is 2.12 bits per heavy atom. The van der Waals surface area contributed by atoms with Gasteiger partial charge in [0.2, 0.25) is 0 Å². The zero-order valence-electron chi connectivity index (χ0n) is 14.4. The van der Waals surface area contributed by atoms with Crippen LogP contribution in [-0.2, 0) is 0 Å². The largest absolute Gasteiger partial charge is 0.495 e. The molecule has 26 heavy (non-hydrogen) atoms. The van der Waals surface area contributed by atoms with Crippen LogP contribution in [0.15, 0.2) is 53.4 Å².